The van der Waals surface area contributed by atoms with Crippen LogP contribution in [0.2, 0.25) is 10.0 Å². The van der Waals surface area contributed by atoms with Crippen molar-refractivity contribution in [2.45, 2.75) is 5.92 Å². The second kappa shape index (κ2) is 4.82. The van der Waals surface area contributed by atoms with E-state index in [9.17, 15) is 0 Å². The Morgan fingerprint density at radius 3 is 2.31 bits per heavy atom. The van der Waals surface area contributed by atoms with E-state index in [2.05, 4.69) is 0 Å². The van der Waals surface area contributed by atoms with E-state index in [4.69, 9.17) is 34.7 Å². The van der Waals surface area contributed by atoms with Crippen LogP contribution in [0.5, 0.6) is 0 Å². The summed E-state index contributed by atoms with van der Waals surface area (Å²) in [5.41, 5.74) is 12.0. The minimum Gasteiger partial charge on any atom is -0.330 e. The SMILES string of the molecule is NCC(CN)c1cc(Cl)ccc1Cl. The molecule has 0 radical (unpaired) electrons. The topological polar surface area (TPSA) is 52.0 Å². The summed E-state index contributed by atoms with van der Waals surface area (Å²) in [6.45, 7) is 0.965. The first-order chi connectivity index (χ1) is 6.19. The molecular weight excluding hydrogens is 207 g/mol. The van der Waals surface area contributed by atoms with Crippen LogP contribution in [0, 0.1) is 0 Å². The van der Waals surface area contributed by atoms with Gasteiger partial charge in [-0.2, -0.15) is 0 Å². The lowest BCUT2D eigenvalue weighted by atomic mass is 9.99. The van der Waals surface area contributed by atoms with Crippen molar-refractivity contribution in [3.63, 3.8) is 0 Å². The standard InChI is InChI=1S/C9H12Cl2N2/c10-7-1-2-9(11)8(3-7)6(4-12)5-13/h1-3,6H,4-5,12-13H2. The maximum atomic E-state index is 5.98. The predicted octanol–water partition coefficient (Wildman–Crippen LogP) is 1.99. The van der Waals surface area contributed by atoms with Gasteiger partial charge in [-0.15, -0.1) is 0 Å². The Kier molecular flexibility index (Phi) is 4.00. The highest BCUT2D eigenvalue weighted by atomic mass is 35.5. The number of halogens is 2. The van der Waals surface area contributed by atoms with E-state index in [1.54, 1.807) is 12.1 Å². The van der Waals surface area contributed by atoms with Crippen molar-refractivity contribution < 1.29 is 0 Å². The van der Waals surface area contributed by atoms with Gasteiger partial charge in [0.2, 0.25) is 0 Å². The lowest BCUT2D eigenvalue weighted by molar-refractivity contribution is 0.709. The van der Waals surface area contributed by atoms with E-state index >= 15 is 0 Å². The zero-order chi connectivity index (χ0) is 9.84. The monoisotopic (exact) mass is 218 g/mol. The minimum absolute atomic E-state index is 0.0891. The fourth-order valence-electron chi connectivity index (χ4n) is 1.18. The average molecular weight is 219 g/mol. The van der Waals surface area contributed by atoms with Crippen molar-refractivity contribution in [2.75, 3.05) is 13.1 Å². The smallest absolute Gasteiger partial charge is 0.0442 e. The molecule has 0 bridgehead atoms. The molecule has 0 aliphatic rings. The Morgan fingerprint density at radius 1 is 1.15 bits per heavy atom. The van der Waals surface area contributed by atoms with Crippen molar-refractivity contribution in [1.29, 1.82) is 0 Å². The van der Waals surface area contributed by atoms with Crippen LogP contribution in [0.25, 0.3) is 0 Å². The molecule has 0 fully saturated rings. The summed E-state index contributed by atoms with van der Waals surface area (Å²) >= 11 is 11.8. The first-order valence-corrected chi connectivity index (χ1v) is 4.79. The predicted molar refractivity (Wildman–Crippen MR) is 57.3 cm³/mol. The molecule has 1 rings (SSSR count). The third-order valence-electron chi connectivity index (χ3n) is 1.97. The second-order valence-electron chi connectivity index (χ2n) is 2.83. The molecule has 4 N–H and O–H groups in total. The van der Waals surface area contributed by atoms with Gasteiger partial charge in [-0.25, -0.2) is 0 Å². The van der Waals surface area contributed by atoms with Gasteiger partial charge >= 0.3 is 0 Å². The highest BCUT2D eigenvalue weighted by molar-refractivity contribution is 6.33. The third-order valence-corrected chi connectivity index (χ3v) is 2.55. The third kappa shape index (κ3) is 2.58. The molecule has 0 saturated heterocycles. The Bertz CT molecular complexity index is 285. The quantitative estimate of drug-likeness (QED) is 0.816. The Hall–Kier alpha value is -0.280. The van der Waals surface area contributed by atoms with Crippen LogP contribution < -0.4 is 11.5 Å². The number of nitrogens with two attached hydrogens (primary N) is 2. The molecule has 0 aromatic heterocycles. The molecule has 72 valence electrons. The van der Waals surface area contributed by atoms with Crippen LogP contribution in [0.1, 0.15) is 11.5 Å². The summed E-state index contributed by atoms with van der Waals surface area (Å²) in [6.07, 6.45) is 0. The van der Waals surface area contributed by atoms with Crippen molar-refractivity contribution in [2.24, 2.45) is 11.5 Å². The molecule has 0 aliphatic heterocycles. The van der Waals surface area contributed by atoms with Crippen LogP contribution in [-0.4, -0.2) is 13.1 Å². The van der Waals surface area contributed by atoms with Crippen molar-refractivity contribution >= 4 is 23.2 Å². The van der Waals surface area contributed by atoms with E-state index < -0.39 is 0 Å². The van der Waals surface area contributed by atoms with Crippen molar-refractivity contribution in [3.8, 4) is 0 Å². The summed E-state index contributed by atoms with van der Waals surface area (Å²) in [7, 11) is 0. The van der Waals surface area contributed by atoms with Crippen LogP contribution in [0.3, 0.4) is 0 Å². The second-order valence-corrected chi connectivity index (χ2v) is 3.68. The van der Waals surface area contributed by atoms with Crippen LogP contribution in [0.4, 0.5) is 0 Å². The van der Waals surface area contributed by atoms with E-state index in [0.717, 1.165) is 5.56 Å². The van der Waals surface area contributed by atoms with E-state index in [0.29, 0.717) is 23.1 Å². The average Bonchev–Trinajstić information content (AvgIpc) is 2.13. The molecule has 1 aromatic rings. The summed E-state index contributed by atoms with van der Waals surface area (Å²) in [4.78, 5) is 0. The fraction of sp³-hybridized carbons (Fsp3) is 0.333. The number of hydrogen-bond acceptors (Lipinski definition) is 2. The molecule has 2 nitrogen and oxygen atoms in total. The fourth-order valence-corrected chi connectivity index (χ4v) is 1.63. The molecule has 0 unspecified atom stereocenters. The zero-order valence-corrected chi connectivity index (χ0v) is 8.65. The molecule has 0 aliphatic carbocycles. The van der Waals surface area contributed by atoms with Gasteiger partial charge < -0.3 is 11.5 Å². The molecular formula is C9H12Cl2N2. The highest BCUT2D eigenvalue weighted by Gasteiger charge is 2.11. The number of hydrogen-bond donors (Lipinski definition) is 2. The van der Waals surface area contributed by atoms with Crippen LogP contribution >= 0.6 is 23.2 Å². The molecule has 0 heterocycles. The first-order valence-electron chi connectivity index (χ1n) is 4.04. The van der Waals surface area contributed by atoms with Gasteiger partial charge in [0.15, 0.2) is 0 Å². The molecule has 1 aromatic carbocycles. The normalized spacial score (nSPS) is 10.8. The molecule has 4 heteroatoms. The van der Waals surface area contributed by atoms with Crippen LogP contribution in [-0.2, 0) is 0 Å². The van der Waals surface area contributed by atoms with Crippen LogP contribution in [0.15, 0.2) is 18.2 Å². The van der Waals surface area contributed by atoms with E-state index in [1.165, 1.54) is 0 Å². The van der Waals surface area contributed by atoms with Crippen molar-refractivity contribution in [3.05, 3.63) is 33.8 Å². The van der Waals surface area contributed by atoms with Gasteiger partial charge in [-0.05, 0) is 23.8 Å². The Morgan fingerprint density at radius 2 is 1.77 bits per heavy atom. The number of rotatable bonds is 3. The van der Waals surface area contributed by atoms with Gasteiger partial charge in [0.05, 0.1) is 0 Å². The summed E-state index contributed by atoms with van der Waals surface area (Å²) in [5.74, 6) is 0.0891. The molecule has 0 amide bonds. The van der Waals surface area contributed by atoms with Gasteiger partial charge in [0.1, 0.15) is 0 Å². The Balaban J connectivity index is 3.03. The van der Waals surface area contributed by atoms with Gasteiger partial charge in [0, 0.05) is 29.1 Å². The molecule has 0 spiro atoms. The van der Waals surface area contributed by atoms with Gasteiger partial charge in [-0.3, -0.25) is 0 Å². The van der Waals surface area contributed by atoms with Gasteiger partial charge in [0.25, 0.3) is 0 Å². The Labute approximate surface area is 87.8 Å². The first kappa shape index (κ1) is 10.8. The summed E-state index contributed by atoms with van der Waals surface area (Å²) in [6, 6.07) is 5.32. The van der Waals surface area contributed by atoms with Crippen molar-refractivity contribution in [1.82, 2.24) is 0 Å². The maximum absolute atomic E-state index is 5.98. The summed E-state index contributed by atoms with van der Waals surface area (Å²) < 4.78 is 0. The maximum Gasteiger partial charge on any atom is 0.0442 e. The molecule has 13 heavy (non-hydrogen) atoms. The minimum atomic E-state index is 0.0891. The number of benzene rings is 1. The summed E-state index contributed by atoms with van der Waals surface area (Å²) in [5, 5.41) is 1.33. The van der Waals surface area contributed by atoms with Gasteiger partial charge in [-0.1, -0.05) is 23.2 Å². The van der Waals surface area contributed by atoms with E-state index in [1.807, 2.05) is 6.07 Å². The lowest BCUT2D eigenvalue weighted by Crippen LogP contribution is -2.21. The highest BCUT2D eigenvalue weighted by Crippen LogP contribution is 2.26. The molecule has 0 saturated carbocycles. The largest absolute Gasteiger partial charge is 0.330 e. The lowest BCUT2D eigenvalue weighted by Gasteiger charge is -2.14. The van der Waals surface area contributed by atoms with E-state index in [-0.39, 0.29) is 5.92 Å². The zero-order valence-electron chi connectivity index (χ0n) is 7.13. The molecule has 0 atom stereocenters.